The SMILES string of the molecule is CN(C(=O)C1CCCCC1)C1=CC(C)(C)NC(C)(C)C1. The van der Waals surface area contributed by atoms with Gasteiger partial charge in [0.1, 0.15) is 0 Å². The smallest absolute Gasteiger partial charge is 0.229 e. The molecule has 1 N–H and O–H groups in total. The van der Waals surface area contributed by atoms with E-state index in [-0.39, 0.29) is 17.0 Å². The van der Waals surface area contributed by atoms with Crippen LogP contribution in [0.4, 0.5) is 0 Å². The van der Waals surface area contributed by atoms with Gasteiger partial charge in [-0.05, 0) is 46.6 Å². The predicted molar refractivity (Wildman–Crippen MR) is 83.3 cm³/mol. The summed E-state index contributed by atoms with van der Waals surface area (Å²) in [5.74, 6) is 0.570. The first-order chi connectivity index (χ1) is 9.20. The third-order valence-corrected chi connectivity index (χ3v) is 4.53. The van der Waals surface area contributed by atoms with Gasteiger partial charge in [0, 0.05) is 36.2 Å². The summed E-state index contributed by atoms with van der Waals surface area (Å²) in [7, 11) is 1.96. The van der Waals surface area contributed by atoms with Gasteiger partial charge in [0.15, 0.2) is 0 Å². The van der Waals surface area contributed by atoms with E-state index >= 15 is 0 Å². The van der Waals surface area contributed by atoms with Crippen molar-refractivity contribution in [1.29, 1.82) is 0 Å². The fourth-order valence-electron chi connectivity index (χ4n) is 3.85. The maximum Gasteiger partial charge on any atom is 0.229 e. The zero-order valence-electron chi connectivity index (χ0n) is 13.8. The van der Waals surface area contributed by atoms with E-state index in [0.29, 0.717) is 5.91 Å². The second kappa shape index (κ2) is 5.51. The zero-order valence-corrected chi connectivity index (χ0v) is 13.8. The number of hydrogen-bond donors (Lipinski definition) is 1. The molecule has 1 heterocycles. The molecule has 114 valence electrons. The van der Waals surface area contributed by atoms with Crippen LogP contribution in [-0.2, 0) is 4.79 Å². The molecule has 1 aliphatic heterocycles. The quantitative estimate of drug-likeness (QED) is 0.839. The molecule has 0 bridgehead atoms. The molecule has 0 aromatic rings. The fourth-order valence-corrected chi connectivity index (χ4v) is 3.85. The van der Waals surface area contributed by atoms with Crippen LogP contribution in [0.5, 0.6) is 0 Å². The van der Waals surface area contributed by atoms with Crippen molar-refractivity contribution >= 4 is 5.91 Å². The highest BCUT2D eigenvalue weighted by Gasteiger charge is 2.35. The van der Waals surface area contributed by atoms with Crippen molar-refractivity contribution in [1.82, 2.24) is 10.2 Å². The normalized spacial score (nSPS) is 25.9. The molecule has 2 rings (SSSR count). The van der Waals surface area contributed by atoms with E-state index < -0.39 is 0 Å². The van der Waals surface area contributed by atoms with Gasteiger partial charge in [-0.2, -0.15) is 0 Å². The Hall–Kier alpha value is -0.830. The van der Waals surface area contributed by atoms with E-state index in [1.165, 1.54) is 25.0 Å². The number of nitrogens with one attached hydrogen (secondary N) is 1. The Balaban J connectivity index is 2.13. The van der Waals surface area contributed by atoms with Crippen LogP contribution in [0.3, 0.4) is 0 Å². The Kier molecular flexibility index (Phi) is 4.29. The van der Waals surface area contributed by atoms with E-state index in [1.807, 2.05) is 11.9 Å². The number of amides is 1. The van der Waals surface area contributed by atoms with E-state index in [2.05, 4.69) is 39.1 Å². The van der Waals surface area contributed by atoms with Crippen molar-refractivity contribution in [2.45, 2.75) is 77.3 Å². The molecular formula is C17H30N2O. The summed E-state index contributed by atoms with van der Waals surface area (Å²) in [6.45, 7) is 8.76. The average molecular weight is 278 g/mol. The molecule has 0 unspecified atom stereocenters. The number of carbonyl (C=O) groups is 1. The molecule has 0 saturated heterocycles. The minimum absolute atomic E-state index is 0.0364. The molecule has 3 nitrogen and oxygen atoms in total. The second-order valence-electron chi connectivity index (χ2n) is 7.78. The number of carbonyl (C=O) groups excluding carboxylic acids is 1. The molecule has 2 aliphatic rings. The molecule has 1 aliphatic carbocycles. The van der Waals surface area contributed by atoms with Crippen LogP contribution in [0.2, 0.25) is 0 Å². The molecule has 1 saturated carbocycles. The standard InChI is InChI=1S/C17H30N2O/c1-16(2)11-14(12-17(3,4)18-16)19(5)15(20)13-9-7-6-8-10-13/h11,13,18H,6-10,12H2,1-5H3. The first-order valence-electron chi connectivity index (χ1n) is 7.99. The van der Waals surface area contributed by atoms with Gasteiger partial charge in [-0.25, -0.2) is 0 Å². The van der Waals surface area contributed by atoms with Crippen LogP contribution < -0.4 is 5.32 Å². The van der Waals surface area contributed by atoms with Gasteiger partial charge < -0.3 is 10.2 Å². The number of rotatable bonds is 2. The lowest BCUT2D eigenvalue weighted by molar-refractivity contribution is -0.133. The predicted octanol–water partition coefficient (Wildman–Crippen LogP) is 3.46. The van der Waals surface area contributed by atoms with Crippen LogP contribution in [0.15, 0.2) is 11.8 Å². The van der Waals surface area contributed by atoms with Crippen molar-refractivity contribution in [2.24, 2.45) is 5.92 Å². The topological polar surface area (TPSA) is 32.3 Å². The van der Waals surface area contributed by atoms with Gasteiger partial charge in [-0.15, -0.1) is 0 Å². The van der Waals surface area contributed by atoms with Gasteiger partial charge in [0.25, 0.3) is 0 Å². The minimum Gasteiger partial charge on any atom is -0.319 e. The largest absolute Gasteiger partial charge is 0.319 e. The monoisotopic (exact) mass is 278 g/mol. The van der Waals surface area contributed by atoms with Crippen molar-refractivity contribution in [3.63, 3.8) is 0 Å². The van der Waals surface area contributed by atoms with Gasteiger partial charge in [-0.3, -0.25) is 4.79 Å². The molecule has 0 atom stereocenters. The first-order valence-corrected chi connectivity index (χ1v) is 7.99. The summed E-state index contributed by atoms with van der Waals surface area (Å²) in [6, 6.07) is 0. The maximum atomic E-state index is 12.7. The van der Waals surface area contributed by atoms with Crippen molar-refractivity contribution in [3.8, 4) is 0 Å². The Labute approximate surface area is 123 Å². The third kappa shape index (κ3) is 3.63. The molecule has 3 heteroatoms. The Bertz CT molecular complexity index is 403. The molecular weight excluding hydrogens is 248 g/mol. The van der Waals surface area contributed by atoms with Gasteiger partial charge in [0.2, 0.25) is 5.91 Å². The third-order valence-electron chi connectivity index (χ3n) is 4.53. The lowest BCUT2D eigenvalue weighted by atomic mass is 9.84. The highest BCUT2D eigenvalue weighted by atomic mass is 16.2. The molecule has 1 amide bonds. The molecule has 0 aromatic heterocycles. The zero-order chi connectivity index (χ0) is 15.0. The van der Waals surface area contributed by atoms with E-state index in [9.17, 15) is 4.79 Å². The summed E-state index contributed by atoms with van der Waals surface area (Å²) < 4.78 is 0. The molecule has 0 radical (unpaired) electrons. The highest BCUT2D eigenvalue weighted by Crippen LogP contribution is 2.32. The van der Waals surface area contributed by atoms with Crippen LogP contribution in [0.25, 0.3) is 0 Å². The summed E-state index contributed by atoms with van der Waals surface area (Å²) in [6.07, 6.45) is 8.98. The first kappa shape index (κ1) is 15.6. The molecule has 1 fully saturated rings. The van der Waals surface area contributed by atoms with Crippen molar-refractivity contribution in [2.75, 3.05) is 7.05 Å². The second-order valence-corrected chi connectivity index (χ2v) is 7.78. The summed E-state index contributed by atoms with van der Waals surface area (Å²) in [5, 5.41) is 3.62. The lowest BCUT2D eigenvalue weighted by Crippen LogP contribution is -2.55. The van der Waals surface area contributed by atoms with Crippen molar-refractivity contribution in [3.05, 3.63) is 11.8 Å². The van der Waals surface area contributed by atoms with Gasteiger partial charge >= 0.3 is 0 Å². The van der Waals surface area contributed by atoms with Crippen LogP contribution in [-0.4, -0.2) is 28.9 Å². The highest BCUT2D eigenvalue weighted by molar-refractivity contribution is 5.80. The average Bonchev–Trinajstić information content (AvgIpc) is 2.34. The summed E-state index contributed by atoms with van der Waals surface area (Å²) in [4.78, 5) is 14.6. The van der Waals surface area contributed by atoms with Crippen molar-refractivity contribution < 1.29 is 4.79 Å². The fraction of sp³-hybridized carbons (Fsp3) is 0.824. The van der Waals surface area contributed by atoms with E-state index in [0.717, 1.165) is 19.3 Å². The Morgan fingerprint density at radius 3 is 2.35 bits per heavy atom. The summed E-state index contributed by atoms with van der Waals surface area (Å²) in [5.41, 5.74) is 1.15. The lowest BCUT2D eigenvalue weighted by Gasteiger charge is -2.43. The Morgan fingerprint density at radius 1 is 1.20 bits per heavy atom. The van der Waals surface area contributed by atoms with Crippen LogP contribution >= 0.6 is 0 Å². The van der Waals surface area contributed by atoms with Gasteiger partial charge in [0.05, 0.1) is 0 Å². The van der Waals surface area contributed by atoms with Crippen LogP contribution in [0, 0.1) is 5.92 Å². The minimum atomic E-state index is -0.0574. The van der Waals surface area contributed by atoms with Gasteiger partial charge in [-0.1, -0.05) is 19.3 Å². The number of nitrogens with zero attached hydrogens (tertiary/aromatic N) is 1. The Morgan fingerprint density at radius 2 is 1.80 bits per heavy atom. The van der Waals surface area contributed by atoms with E-state index in [1.54, 1.807) is 0 Å². The molecule has 0 spiro atoms. The molecule has 20 heavy (non-hydrogen) atoms. The molecule has 0 aromatic carbocycles. The van der Waals surface area contributed by atoms with Crippen LogP contribution in [0.1, 0.15) is 66.2 Å². The summed E-state index contributed by atoms with van der Waals surface area (Å²) >= 11 is 0. The number of hydrogen-bond acceptors (Lipinski definition) is 2. The maximum absolute atomic E-state index is 12.7. The van der Waals surface area contributed by atoms with E-state index in [4.69, 9.17) is 0 Å².